The summed E-state index contributed by atoms with van der Waals surface area (Å²) >= 11 is 0. The highest BCUT2D eigenvalue weighted by molar-refractivity contribution is 6.08. The van der Waals surface area contributed by atoms with E-state index in [1.54, 1.807) is 26.8 Å². The molecule has 0 bridgehead atoms. The first-order chi connectivity index (χ1) is 12.6. The van der Waals surface area contributed by atoms with Crippen molar-refractivity contribution in [3.8, 4) is 5.69 Å². The summed E-state index contributed by atoms with van der Waals surface area (Å²) in [6.45, 7) is 5.22. The van der Waals surface area contributed by atoms with E-state index in [9.17, 15) is 18.8 Å². The first kappa shape index (κ1) is 18.5. The zero-order valence-electron chi connectivity index (χ0n) is 15.0. The van der Waals surface area contributed by atoms with E-state index in [0.29, 0.717) is 5.69 Å². The second-order valence-electron chi connectivity index (χ2n) is 7.25. The molecule has 142 valence electrons. The topological polar surface area (TPSA) is 118 Å². The van der Waals surface area contributed by atoms with Gasteiger partial charge < -0.3 is 10.6 Å². The average molecular weight is 374 g/mol. The van der Waals surface area contributed by atoms with E-state index in [-0.39, 0.29) is 12.2 Å². The monoisotopic (exact) mass is 374 g/mol. The van der Waals surface area contributed by atoms with Crippen molar-refractivity contribution in [3.05, 3.63) is 42.0 Å². The molecule has 0 saturated carbocycles. The Morgan fingerprint density at radius 3 is 2.67 bits per heavy atom. The van der Waals surface area contributed by atoms with Gasteiger partial charge in [0, 0.05) is 6.07 Å². The van der Waals surface area contributed by atoms with Crippen LogP contribution in [0, 0.1) is 11.2 Å². The van der Waals surface area contributed by atoms with E-state index in [2.05, 4.69) is 26.1 Å². The Labute approximate surface area is 154 Å². The number of imide groups is 1. The van der Waals surface area contributed by atoms with Crippen LogP contribution < -0.4 is 16.0 Å². The molecule has 1 unspecified atom stereocenters. The van der Waals surface area contributed by atoms with Crippen LogP contribution in [0.15, 0.2) is 30.5 Å². The predicted octanol–water partition coefficient (Wildman–Crippen LogP) is 0.760. The minimum Gasteiger partial charge on any atom is -0.348 e. The second-order valence-corrected chi connectivity index (χ2v) is 7.25. The second kappa shape index (κ2) is 6.45. The number of carbonyl (C=O) groups is 3. The Morgan fingerprint density at radius 1 is 1.33 bits per heavy atom. The number of aromatic nitrogens is 3. The Kier molecular flexibility index (Phi) is 4.42. The highest BCUT2D eigenvalue weighted by atomic mass is 19.1. The molecule has 1 aromatic heterocycles. The molecule has 10 heteroatoms. The molecule has 1 atom stereocenters. The lowest BCUT2D eigenvalue weighted by Gasteiger charge is -2.38. The zero-order chi connectivity index (χ0) is 19.8. The van der Waals surface area contributed by atoms with Gasteiger partial charge in [-0.05, 0) is 17.5 Å². The Morgan fingerprint density at radius 2 is 2.07 bits per heavy atom. The van der Waals surface area contributed by atoms with Crippen LogP contribution in [-0.2, 0) is 4.79 Å². The van der Waals surface area contributed by atoms with Gasteiger partial charge >= 0.3 is 6.03 Å². The number of nitrogens with one attached hydrogen (secondary N) is 3. The van der Waals surface area contributed by atoms with Crippen molar-refractivity contribution in [2.75, 3.05) is 6.54 Å². The standard InChI is InChI=1S/C17H19FN6O3/c1-16(2,3)17(14(26)21-15(27)22-17)9-19-13(25)12-8-20-24(23-12)11-6-4-5-10(18)7-11/h4-8H,9H2,1-3H3,(H,19,25)(H2,21,22,26,27). The minimum atomic E-state index is -1.29. The third kappa shape index (κ3) is 3.37. The molecule has 0 radical (unpaired) electrons. The summed E-state index contributed by atoms with van der Waals surface area (Å²) in [5, 5.41) is 15.4. The lowest BCUT2D eigenvalue weighted by atomic mass is 9.73. The van der Waals surface area contributed by atoms with E-state index in [1.165, 1.54) is 24.4 Å². The van der Waals surface area contributed by atoms with Crippen LogP contribution in [0.3, 0.4) is 0 Å². The first-order valence-corrected chi connectivity index (χ1v) is 8.22. The van der Waals surface area contributed by atoms with Crippen LogP contribution in [-0.4, -0.2) is 44.9 Å². The molecule has 1 aliphatic heterocycles. The Balaban J connectivity index is 1.76. The lowest BCUT2D eigenvalue weighted by Crippen LogP contribution is -2.63. The number of hydrogen-bond acceptors (Lipinski definition) is 5. The predicted molar refractivity (Wildman–Crippen MR) is 92.5 cm³/mol. The number of hydrogen-bond donors (Lipinski definition) is 3. The van der Waals surface area contributed by atoms with Gasteiger partial charge in [-0.1, -0.05) is 26.8 Å². The number of nitrogens with zero attached hydrogens (tertiary/aromatic N) is 3. The first-order valence-electron chi connectivity index (χ1n) is 8.22. The Hall–Kier alpha value is -3.30. The van der Waals surface area contributed by atoms with Crippen LogP contribution >= 0.6 is 0 Å². The molecule has 1 aromatic carbocycles. The van der Waals surface area contributed by atoms with Gasteiger partial charge in [-0.2, -0.15) is 9.90 Å². The molecule has 4 amide bonds. The van der Waals surface area contributed by atoms with E-state index in [0.717, 1.165) is 4.80 Å². The molecule has 1 saturated heterocycles. The minimum absolute atomic E-state index is 0.00643. The van der Waals surface area contributed by atoms with Crippen molar-refractivity contribution >= 4 is 17.8 Å². The van der Waals surface area contributed by atoms with Crippen LogP contribution in [0.25, 0.3) is 5.69 Å². The molecule has 0 spiro atoms. The molecule has 2 aromatic rings. The van der Waals surface area contributed by atoms with Gasteiger partial charge in [0.05, 0.1) is 18.4 Å². The number of halogens is 1. The maximum atomic E-state index is 13.3. The van der Waals surface area contributed by atoms with E-state index >= 15 is 0 Å². The zero-order valence-corrected chi connectivity index (χ0v) is 15.0. The van der Waals surface area contributed by atoms with Crippen LogP contribution in [0.2, 0.25) is 0 Å². The summed E-state index contributed by atoms with van der Waals surface area (Å²) in [5.41, 5.74) is -1.59. The Bertz CT molecular complexity index is 919. The summed E-state index contributed by atoms with van der Waals surface area (Å²) in [7, 11) is 0. The maximum Gasteiger partial charge on any atom is 0.322 e. The normalized spacial score (nSPS) is 19.6. The summed E-state index contributed by atoms with van der Waals surface area (Å²) in [6.07, 6.45) is 1.23. The average Bonchev–Trinajstić information content (AvgIpc) is 3.17. The largest absolute Gasteiger partial charge is 0.348 e. The molecule has 0 aliphatic carbocycles. The fourth-order valence-corrected chi connectivity index (χ4v) is 2.80. The number of carbonyl (C=O) groups excluding carboxylic acids is 3. The van der Waals surface area contributed by atoms with E-state index in [1.807, 2.05) is 0 Å². The van der Waals surface area contributed by atoms with Gasteiger partial charge in [-0.15, -0.1) is 5.10 Å². The quantitative estimate of drug-likeness (QED) is 0.683. The molecular weight excluding hydrogens is 355 g/mol. The molecule has 1 fully saturated rings. The van der Waals surface area contributed by atoms with Crippen molar-refractivity contribution in [3.63, 3.8) is 0 Å². The van der Waals surface area contributed by atoms with Gasteiger partial charge in [-0.3, -0.25) is 14.9 Å². The summed E-state index contributed by atoms with van der Waals surface area (Å²) in [5.74, 6) is -1.54. The fourth-order valence-electron chi connectivity index (χ4n) is 2.80. The molecule has 27 heavy (non-hydrogen) atoms. The highest BCUT2D eigenvalue weighted by Crippen LogP contribution is 2.32. The van der Waals surface area contributed by atoms with Crippen molar-refractivity contribution in [1.82, 2.24) is 30.9 Å². The lowest BCUT2D eigenvalue weighted by molar-refractivity contribution is -0.127. The SMILES string of the molecule is CC(C)(C)C1(CNC(=O)c2cnn(-c3cccc(F)c3)n2)NC(=O)NC1=O. The van der Waals surface area contributed by atoms with Gasteiger partial charge in [0.2, 0.25) is 0 Å². The number of amides is 4. The molecule has 2 heterocycles. The van der Waals surface area contributed by atoms with E-state index < -0.39 is 34.6 Å². The fraction of sp³-hybridized carbons (Fsp3) is 0.353. The van der Waals surface area contributed by atoms with Gasteiger partial charge in [0.1, 0.15) is 11.4 Å². The smallest absolute Gasteiger partial charge is 0.322 e. The van der Waals surface area contributed by atoms with Crippen molar-refractivity contribution in [1.29, 1.82) is 0 Å². The number of urea groups is 1. The molecule has 3 N–H and O–H groups in total. The molecule has 9 nitrogen and oxygen atoms in total. The van der Waals surface area contributed by atoms with E-state index in [4.69, 9.17) is 0 Å². The molecule has 1 aliphatic rings. The van der Waals surface area contributed by atoms with Gasteiger partial charge in [0.15, 0.2) is 5.69 Å². The molecular formula is C17H19FN6O3. The summed E-state index contributed by atoms with van der Waals surface area (Å²) < 4.78 is 13.3. The van der Waals surface area contributed by atoms with Gasteiger partial charge in [-0.25, -0.2) is 9.18 Å². The number of rotatable bonds is 4. The maximum absolute atomic E-state index is 13.3. The third-order valence-electron chi connectivity index (χ3n) is 4.50. The van der Waals surface area contributed by atoms with Crippen molar-refractivity contribution in [2.24, 2.45) is 5.41 Å². The molecule has 3 rings (SSSR count). The van der Waals surface area contributed by atoms with Crippen LogP contribution in [0.1, 0.15) is 31.3 Å². The van der Waals surface area contributed by atoms with Gasteiger partial charge in [0.25, 0.3) is 11.8 Å². The highest BCUT2D eigenvalue weighted by Gasteiger charge is 2.54. The number of benzene rings is 1. The van der Waals surface area contributed by atoms with Crippen LogP contribution in [0.5, 0.6) is 0 Å². The van der Waals surface area contributed by atoms with Crippen molar-refractivity contribution < 1.29 is 18.8 Å². The summed E-state index contributed by atoms with van der Waals surface area (Å²) in [4.78, 5) is 37.5. The third-order valence-corrected chi connectivity index (χ3v) is 4.50. The van der Waals surface area contributed by atoms with Crippen molar-refractivity contribution in [2.45, 2.75) is 26.3 Å². The summed E-state index contributed by atoms with van der Waals surface area (Å²) in [6, 6.07) is 5.00. The van der Waals surface area contributed by atoms with Crippen LogP contribution in [0.4, 0.5) is 9.18 Å².